The molecule has 6 heteroatoms. The molecule has 0 aromatic carbocycles. The van der Waals surface area contributed by atoms with Crippen molar-refractivity contribution in [2.24, 2.45) is 0 Å². The second kappa shape index (κ2) is 2.75. The van der Waals surface area contributed by atoms with Crippen molar-refractivity contribution in [3.63, 3.8) is 0 Å². The molecular weight excluding hydrogens is 174 g/mol. The minimum Gasteiger partial charge on any atom is -0.236 e. The molecular formula is C5H4F6. The number of rotatable bonds is 2. The summed E-state index contributed by atoms with van der Waals surface area (Å²) in [5.74, 6) is -5.34. The summed E-state index contributed by atoms with van der Waals surface area (Å²) in [6, 6.07) is 0. The molecule has 0 bridgehead atoms. The van der Waals surface area contributed by atoms with Crippen LogP contribution in [0.15, 0.2) is 12.7 Å². The third-order valence-electron chi connectivity index (χ3n) is 0.931. The van der Waals surface area contributed by atoms with Gasteiger partial charge in [0.2, 0.25) is 0 Å². The quantitative estimate of drug-likeness (QED) is 0.450. The average molecular weight is 178 g/mol. The Morgan fingerprint density at radius 3 is 1.55 bits per heavy atom. The highest BCUT2D eigenvalue weighted by Gasteiger charge is 2.62. The van der Waals surface area contributed by atoms with E-state index in [4.69, 9.17) is 0 Å². The summed E-state index contributed by atoms with van der Waals surface area (Å²) in [7, 11) is 0. The van der Waals surface area contributed by atoms with Crippen molar-refractivity contribution in [1.29, 1.82) is 0 Å². The second-order valence-electron chi connectivity index (χ2n) is 1.76. The zero-order chi connectivity index (χ0) is 9.28. The van der Waals surface area contributed by atoms with E-state index in [0.717, 1.165) is 0 Å². The second-order valence-corrected chi connectivity index (χ2v) is 1.76. The summed E-state index contributed by atoms with van der Waals surface area (Å²) >= 11 is 0. The van der Waals surface area contributed by atoms with Crippen molar-refractivity contribution in [3.05, 3.63) is 12.7 Å². The van der Waals surface area contributed by atoms with Gasteiger partial charge < -0.3 is 0 Å². The highest BCUT2D eigenvalue weighted by atomic mass is 19.4. The fraction of sp³-hybridized carbons (Fsp3) is 0.600. The molecule has 0 heterocycles. The summed E-state index contributed by atoms with van der Waals surface area (Å²) in [6.45, 7) is 2.49. The number of halogens is 6. The molecule has 0 rings (SSSR count). The largest absolute Gasteiger partial charge is 0.456 e. The molecule has 0 radical (unpaired) electrons. The summed E-state index contributed by atoms with van der Waals surface area (Å²) in [4.78, 5) is 0. The molecule has 0 amide bonds. The van der Waals surface area contributed by atoms with Crippen LogP contribution in [0.3, 0.4) is 0 Å². The van der Waals surface area contributed by atoms with Crippen LogP contribution in [0.25, 0.3) is 0 Å². The zero-order valence-electron chi connectivity index (χ0n) is 5.13. The standard InChI is InChI=1S/C5H4F6/c1-2-3(6)4(7,8)5(9,10)11/h2-3H,1H2. The van der Waals surface area contributed by atoms with E-state index in [1.165, 1.54) is 0 Å². The maximum atomic E-state index is 11.8. The van der Waals surface area contributed by atoms with Gasteiger partial charge in [0.1, 0.15) is 0 Å². The molecule has 0 aromatic rings. The molecule has 0 aliphatic heterocycles. The highest BCUT2D eigenvalue weighted by molar-refractivity contribution is 4.94. The Balaban J connectivity index is 4.58. The third-order valence-corrected chi connectivity index (χ3v) is 0.931. The molecule has 66 valence electrons. The molecule has 0 saturated heterocycles. The van der Waals surface area contributed by atoms with Gasteiger partial charge in [-0.25, -0.2) is 4.39 Å². The monoisotopic (exact) mass is 178 g/mol. The summed E-state index contributed by atoms with van der Waals surface area (Å²) in [5, 5.41) is 0. The van der Waals surface area contributed by atoms with E-state index in [2.05, 4.69) is 6.58 Å². The van der Waals surface area contributed by atoms with E-state index >= 15 is 0 Å². The molecule has 0 spiro atoms. The van der Waals surface area contributed by atoms with Gasteiger partial charge in [0.05, 0.1) is 0 Å². The minimum absolute atomic E-state index is 0.0898. The van der Waals surface area contributed by atoms with Crippen molar-refractivity contribution < 1.29 is 26.3 Å². The van der Waals surface area contributed by atoms with E-state index in [9.17, 15) is 26.3 Å². The molecule has 1 unspecified atom stereocenters. The van der Waals surface area contributed by atoms with Gasteiger partial charge in [-0.3, -0.25) is 0 Å². The van der Waals surface area contributed by atoms with E-state index in [0.29, 0.717) is 0 Å². The first-order chi connectivity index (χ1) is 4.73. The minimum atomic E-state index is -5.86. The van der Waals surface area contributed by atoms with Crippen LogP contribution in [0, 0.1) is 0 Å². The van der Waals surface area contributed by atoms with Gasteiger partial charge in [-0.05, 0) is 0 Å². The van der Waals surface area contributed by atoms with Crippen molar-refractivity contribution in [1.82, 2.24) is 0 Å². The van der Waals surface area contributed by atoms with Crippen LogP contribution in [0.1, 0.15) is 0 Å². The lowest BCUT2D eigenvalue weighted by Crippen LogP contribution is -2.43. The van der Waals surface area contributed by atoms with Crippen LogP contribution in [-0.2, 0) is 0 Å². The van der Waals surface area contributed by atoms with Gasteiger partial charge >= 0.3 is 12.1 Å². The molecule has 0 nitrogen and oxygen atoms in total. The fourth-order valence-electron chi connectivity index (χ4n) is 0.304. The average Bonchev–Trinajstić information content (AvgIpc) is 1.83. The molecule has 0 aromatic heterocycles. The lowest BCUT2D eigenvalue weighted by molar-refractivity contribution is -0.297. The Bertz CT molecular complexity index is 146. The molecule has 11 heavy (non-hydrogen) atoms. The Hall–Kier alpha value is -0.680. The van der Waals surface area contributed by atoms with Crippen molar-refractivity contribution in [2.75, 3.05) is 0 Å². The number of hydrogen-bond donors (Lipinski definition) is 0. The van der Waals surface area contributed by atoms with Gasteiger partial charge in [-0.15, -0.1) is 0 Å². The van der Waals surface area contributed by atoms with Crippen LogP contribution in [0.4, 0.5) is 26.3 Å². The fourth-order valence-corrected chi connectivity index (χ4v) is 0.304. The van der Waals surface area contributed by atoms with E-state index in [1.807, 2.05) is 0 Å². The van der Waals surface area contributed by atoms with Gasteiger partial charge in [0.25, 0.3) is 0 Å². The molecule has 0 fully saturated rings. The van der Waals surface area contributed by atoms with Crippen LogP contribution in [0.5, 0.6) is 0 Å². The topological polar surface area (TPSA) is 0 Å². The Morgan fingerprint density at radius 1 is 1.09 bits per heavy atom. The number of allylic oxidation sites excluding steroid dienone is 1. The van der Waals surface area contributed by atoms with Gasteiger partial charge in [0.15, 0.2) is 6.17 Å². The Labute approximate surface area is 58.5 Å². The van der Waals surface area contributed by atoms with Crippen molar-refractivity contribution in [3.8, 4) is 0 Å². The number of hydrogen-bond acceptors (Lipinski definition) is 0. The van der Waals surface area contributed by atoms with Crippen LogP contribution in [0.2, 0.25) is 0 Å². The maximum Gasteiger partial charge on any atom is 0.456 e. The zero-order valence-corrected chi connectivity index (χ0v) is 5.13. The Kier molecular flexibility index (Phi) is 2.58. The highest BCUT2D eigenvalue weighted by Crippen LogP contribution is 2.39. The first kappa shape index (κ1) is 10.3. The predicted molar refractivity (Wildman–Crippen MR) is 26.1 cm³/mol. The normalized spacial score (nSPS) is 16.2. The summed E-state index contributed by atoms with van der Waals surface area (Å²) < 4.78 is 69.0. The number of alkyl halides is 6. The summed E-state index contributed by atoms with van der Waals surface area (Å²) in [5.41, 5.74) is 0. The van der Waals surface area contributed by atoms with E-state index in [-0.39, 0.29) is 6.08 Å². The SMILES string of the molecule is C=CC(F)C(F)(F)C(F)(F)F. The molecule has 1 atom stereocenters. The van der Waals surface area contributed by atoms with Gasteiger partial charge in [-0.2, -0.15) is 22.0 Å². The van der Waals surface area contributed by atoms with Gasteiger partial charge in [0, 0.05) is 0 Å². The van der Waals surface area contributed by atoms with Crippen LogP contribution in [-0.4, -0.2) is 18.3 Å². The lowest BCUT2D eigenvalue weighted by atomic mass is 10.2. The molecule has 0 aliphatic rings. The van der Waals surface area contributed by atoms with Crippen LogP contribution >= 0.6 is 0 Å². The smallest absolute Gasteiger partial charge is 0.236 e. The van der Waals surface area contributed by atoms with Crippen LogP contribution < -0.4 is 0 Å². The molecule has 0 aliphatic carbocycles. The lowest BCUT2D eigenvalue weighted by Gasteiger charge is -2.20. The maximum absolute atomic E-state index is 11.8. The molecule has 0 N–H and O–H groups in total. The van der Waals surface area contributed by atoms with Crippen molar-refractivity contribution in [2.45, 2.75) is 18.3 Å². The third kappa shape index (κ3) is 1.87. The van der Waals surface area contributed by atoms with E-state index in [1.54, 1.807) is 0 Å². The summed E-state index contributed by atoms with van der Waals surface area (Å²) in [6.07, 6.45) is -9.34. The first-order valence-electron chi connectivity index (χ1n) is 2.44. The van der Waals surface area contributed by atoms with Crippen molar-refractivity contribution >= 4 is 0 Å². The Morgan fingerprint density at radius 2 is 1.45 bits per heavy atom. The van der Waals surface area contributed by atoms with Gasteiger partial charge in [-0.1, -0.05) is 12.7 Å². The first-order valence-corrected chi connectivity index (χ1v) is 2.44. The predicted octanol–water partition coefficient (Wildman–Crippen LogP) is 2.71. The van der Waals surface area contributed by atoms with E-state index < -0.39 is 18.3 Å². The molecule has 0 saturated carbocycles.